The highest BCUT2D eigenvalue weighted by atomic mass is 35.5. The number of amides is 2. The van der Waals surface area contributed by atoms with Crippen LogP contribution in [0.25, 0.3) is 6.08 Å². The predicted octanol–water partition coefficient (Wildman–Crippen LogP) is 7.18. The zero-order chi connectivity index (χ0) is 27.6. The molecule has 2 amide bonds. The molecule has 5 nitrogen and oxygen atoms in total. The van der Waals surface area contributed by atoms with Gasteiger partial charge in [-0.15, -0.1) is 0 Å². The Hall–Kier alpha value is -3.07. The number of carbonyl (C=O) groups is 1. The van der Waals surface area contributed by atoms with Crippen molar-refractivity contribution in [2.75, 3.05) is 31.1 Å². The number of urea groups is 1. The molecule has 1 spiro atoms. The Bertz CT molecular complexity index is 1370. The van der Waals surface area contributed by atoms with Gasteiger partial charge in [-0.2, -0.15) is 13.2 Å². The summed E-state index contributed by atoms with van der Waals surface area (Å²) in [7, 11) is 0. The maximum Gasteiger partial charge on any atom is 0.416 e. The van der Waals surface area contributed by atoms with Gasteiger partial charge in [0, 0.05) is 42.0 Å². The maximum absolute atomic E-state index is 13.6. The number of halogens is 5. The number of hydrogen-bond acceptors (Lipinski definition) is 3. The highest BCUT2D eigenvalue weighted by Gasteiger charge is 2.47. The fourth-order valence-corrected chi connectivity index (χ4v) is 5.68. The molecule has 1 N–H and O–H groups in total. The first-order valence-electron chi connectivity index (χ1n) is 12.6. The second kappa shape index (κ2) is 11.2. The largest absolute Gasteiger partial charge is 0.416 e. The highest BCUT2D eigenvalue weighted by Crippen LogP contribution is 2.48. The summed E-state index contributed by atoms with van der Waals surface area (Å²) in [5.74, 6) is 0. The maximum atomic E-state index is 13.6. The summed E-state index contributed by atoms with van der Waals surface area (Å²) >= 11 is 11.9. The van der Waals surface area contributed by atoms with E-state index in [-0.39, 0.29) is 12.6 Å². The average molecular weight is 575 g/mol. The van der Waals surface area contributed by atoms with Crippen LogP contribution in [0.5, 0.6) is 0 Å². The Morgan fingerprint density at radius 3 is 2.49 bits per heavy atom. The van der Waals surface area contributed by atoms with Gasteiger partial charge < -0.3 is 5.32 Å². The van der Waals surface area contributed by atoms with E-state index >= 15 is 0 Å². The molecule has 2 aliphatic rings. The van der Waals surface area contributed by atoms with Crippen molar-refractivity contribution in [3.8, 4) is 0 Å². The summed E-state index contributed by atoms with van der Waals surface area (Å²) in [6.45, 7) is 2.72. The molecule has 3 heterocycles. The number of alkyl halides is 3. The minimum atomic E-state index is -4.46. The molecule has 5 rings (SSSR count). The first-order chi connectivity index (χ1) is 18.6. The lowest BCUT2D eigenvalue weighted by molar-refractivity contribution is -0.137. The topological polar surface area (TPSA) is 48.5 Å². The summed E-state index contributed by atoms with van der Waals surface area (Å²) in [6.07, 6.45) is 2.51. The van der Waals surface area contributed by atoms with Crippen LogP contribution in [0.2, 0.25) is 10.2 Å². The van der Waals surface area contributed by atoms with Crippen molar-refractivity contribution >= 4 is 41.0 Å². The summed E-state index contributed by atoms with van der Waals surface area (Å²) in [5, 5.41) is 3.89. The molecule has 2 aliphatic heterocycles. The van der Waals surface area contributed by atoms with Crippen LogP contribution in [0.1, 0.15) is 35.1 Å². The number of rotatable bonds is 5. The number of nitrogens with one attached hydrogen (secondary N) is 1. The molecule has 204 valence electrons. The Morgan fingerprint density at radius 2 is 1.79 bits per heavy atom. The smallest absolute Gasteiger partial charge is 0.334 e. The number of aromatic nitrogens is 1. The van der Waals surface area contributed by atoms with Gasteiger partial charge >= 0.3 is 12.2 Å². The normalized spacial score (nSPS) is 17.1. The van der Waals surface area contributed by atoms with Crippen LogP contribution in [-0.4, -0.2) is 42.1 Å². The van der Waals surface area contributed by atoms with E-state index in [1.807, 2.05) is 30.3 Å². The van der Waals surface area contributed by atoms with Gasteiger partial charge in [-0.3, -0.25) is 9.80 Å². The monoisotopic (exact) mass is 574 g/mol. The van der Waals surface area contributed by atoms with Gasteiger partial charge in [-0.05, 0) is 85.1 Å². The standard InChI is InChI=1S/C29H27Cl2F3N4O/c30-23-6-3-20(4-7-23)2-1-13-37-14-10-28(11-15-37)19-38(25-8-5-22(17-24(25)28)29(32,33)34)27(39)36-18-21-9-12-35-26(31)16-21/h1-9,12,16-17H,10-11,13-15,18-19H2,(H,36,39)/b2-1+. The fourth-order valence-electron chi connectivity index (χ4n) is 5.36. The van der Waals surface area contributed by atoms with E-state index in [1.165, 1.54) is 12.1 Å². The fraction of sp³-hybridized carbons (Fsp3) is 0.310. The Labute approximate surface area is 235 Å². The Balaban J connectivity index is 1.31. The quantitative estimate of drug-likeness (QED) is 0.328. The van der Waals surface area contributed by atoms with Crippen LogP contribution in [0, 0.1) is 0 Å². The van der Waals surface area contributed by atoms with E-state index in [1.54, 1.807) is 23.2 Å². The number of carbonyl (C=O) groups excluding carboxylic acids is 1. The van der Waals surface area contributed by atoms with Crippen LogP contribution >= 0.6 is 23.2 Å². The van der Waals surface area contributed by atoms with Crippen LogP contribution in [-0.2, 0) is 18.1 Å². The molecule has 3 aromatic rings. The first kappa shape index (κ1) is 27.5. The summed E-state index contributed by atoms with van der Waals surface area (Å²) in [4.78, 5) is 21.0. The SMILES string of the molecule is O=C(NCc1ccnc(Cl)c1)N1CC2(CCN(C/C=C/c3ccc(Cl)cc3)CC2)c2cc(C(F)(F)F)ccc21. The van der Waals surface area contributed by atoms with Crippen LogP contribution in [0.4, 0.5) is 23.7 Å². The lowest BCUT2D eigenvalue weighted by atomic mass is 9.74. The van der Waals surface area contributed by atoms with E-state index in [4.69, 9.17) is 23.2 Å². The molecule has 0 unspecified atom stereocenters. The zero-order valence-corrected chi connectivity index (χ0v) is 22.5. The van der Waals surface area contributed by atoms with Crippen molar-refractivity contribution in [1.29, 1.82) is 0 Å². The van der Waals surface area contributed by atoms with E-state index in [0.717, 1.165) is 23.7 Å². The van der Waals surface area contributed by atoms with E-state index in [2.05, 4.69) is 21.3 Å². The second-order valence-corrected chi connectivity index (χ2v) is 10.8. The summed E-state index contributed by atoms with van der Waals surface area (Å²) < 4.78 is 40.9. The minimum absolute atomic E-state index is 0.230. The zero-order valence-electron chi connectivity index (χ0n) is 21.0. The van der Waals surface area contributed by atoms with Gasteiger partial charge in [0.25, 0.3) is 0 Å². The minimum Gasteiger partial charge on any atom is -0.334 e. The van der Waals surface area contributed by atoms with Gasteiger partial charge in [0.2, 0.25) is 0 Å². The molecule has 1 fully saturated rings. The second-order valence-electron chi connectivity index (χ2n) is 10.00. The highest BCUT2D eigenvalue weighted by molar-refractivity contribution is 6.30. The van der Waals surface area contributed by atoms with Gasteiger partial charge in [0.1, 0.15) is 5.15 Å². The number of fused-ring (bicyclic) bond motifs is 2. The molecule has 0 atom stereocenters. The molecule has 10 heteroatoms. The average Bonchev–Trinajstić information content (AvgIpc) is 3.22. The third kappa shape index (κ3) is 6.24. The molecule has 0 bridgehead atoms. The molecule has 1 aromatic heterocycles. The molecule has 0 radical (unpaired) electrons. The molecule has 0 saturated carbocycles. The summed E-state index contributed by atoms with van der Waals surface area (Å²) in [5.41, 5.74) is 1.73. The Kier molecular flexibility index (Phi) is 7.89. The number of hydrogen-bond donors (Lipinski definition) is 1. The molecular formula is C29H27Cl2F3N4O. The van der Waals surface area contributed by atoms with Crippen LogP contribution in [0.15, 0.2) is 66.9 Å². The van der Waals surface area contributed by atoms with Gasteiger partial charge in [-0.1, -0.05) is 47.5 Å². The predicted molar refractivity (Wildman–Crippen MR) is 148 cm³/mol. The third-order valence-electron chi connectivity index (χ3n) is 7.48. The van der Waals surface area contributed by atoms with E-state index in [0.29, 0.717) is 53.9 Å². The lowest BCUT2D eigenvalue weighted by Gasteiger charge is -2.39. The van der Waals surface area contributed by atoms with Crippen LogP contribution < -0.4 is 10.2 Å². The molecule has 2 aromatic carbocycles. The number of likely N-dealkylation sites (tertiary alicyclic amines) is 1. The molecule has 39 heavy (non-hydrogen) atoms. The third-order valence-corrected chi connectivity index (χ3v) is 7.94. The Morgan fingerprint density at radius 1 is 1.05 bits per heavy atom. The van der Waals surface area contributed by atoms with Gasteiger partial charge in [0.15, 0.2) is 0 Å². The number of pyridine rings is 1. The van der Waals surface area contributed by atoms with Crippen LogP contribution in [0.3, 0.4) is 0 Å². The number of piperidine rings is 1. The van der Waals surface area contributed by atoms with E-state index < -0.39 is 17.2 Å². The van der Waals surface area contributed by atoms with E-state index in [9.17, 15) is 18.0 Å². The number of benzene rings is 2. The summed E-state index contributed by atoms with van der Waals surface area (Å²) in [6, 6.07) is 14.3. The van der Waals surface area contributed by atoms with Gasteiger partial charge in [0.05, 0.1) is 5.56 Å². The number of anilines is 1. The van der Waals surface area contributed by atoms with Crippen molar-refractivity contribution in [3.05, 3.63) is 99.3 Å². The van der Waals surface area contributed by atoms with Crippen molar-refractivity contribution < 1.29 is 18.0 Å². The van der Waals surface area contributed by atoms with Crippen molar-refractivity contribution in [2.24, 2.45) is 0 Å². The lowest BCUT2D eigenvalue weighted by Crippen LogP contribution is -2.47. The van der Waals surface area contributed by atoms with Gasteiger partial charge in [-0.25, -0.2) is 9.78 Å². The first-order valence-corrected chi connectivity index (χ1v) is 13.4. The van der Waals surface area contributed by atoms with Crippen molar-refractivity contribution in [3.63, 3.8) is 0 Å². The van der Waals surface area contributed by atoms with Crippen molar-refractivity contribution in [1.82, 2.24) is 15.2 Å². The molecule has 1 saturated heterocycles. The van der Waals surface area contributed by atoms with Crippen molar-refractivity contribution in [2.45, 2.75) is 31.0 Å². The molecular weight excluding hydrogens is 548 g/mol. The number of nitrogens with zero attached hydrogens (tertiary/aromatic N) is 3. The molecule has 0 aliphatic carbocycles.